The maximum absolute atomic E-state index is 11.1. The first-order valence-corrected chi connectivity index (χ1v) is 4.36. The van der Waals surface area contributed by atoms with Gasteiger partial charge in [0.05, 0.1) is 19.3 Å². The molecule has 0 aliphatic heterocycles. The van der Waals surface area contributed by atoms with Crippen LogP contribution < -0.4 is 11.1 Å². The van der Waals surface area contributed by atoms with E-state index < -0.39 is 30.6 Å². The fraction of sp³-hybridized carbons (Fsp3) is 0.750. The van der Waals surface area contributed by atoms with Crippen molar-refractivity contribution in [2.75, 3.05) is 13.2 Å². The molecule has 0 unspecified atom stereocenters. The molecule has 6 heteroatoms. The minimum Gasteiger partial charge on any atom is -0.464 e. The number of aliphatic hydroxyl groups is 1. The van der Waals surface area contributed by atoms with E-state index in [0.29, 0.717) is 0 Å². The number of hydrogen-bond acceptors (Lipinski definition) is 5. The van der Waals surface area contributed by atoms with E-state index in [1.54, 1.807) is 6.92 Å². The van der Waals surface area contributed by atoms with E-state index in [4.69, 9.17) is 10.8 Å². The average molecular weight is 204 g/mol. The van der Waals surface area contributed by atoms with Crippen LogP contribution in [0.15, 0.2) is 0 Å². The van der Waals surface area contributed by atoms with E-state index in [2.05, 4.69) is 10.1 Å². The van der Waals surface area contributed by atoms with Crippen molar-refractivity contribution in [1.82, 2.24) is 5.32 Å². The molecule has 0 saturated heterocycles. The van der Waals surface area contributed by atoms with Gasteiger partial charge in [0.15, 0.2) is 6.04 Å². The molecule has 0 aliphatic rings. The first kappa shape index (κ1) is 12.9. The van der Waals surface area contributed by atoms with Crippen LogP contribution >= 0.6 is 0 Å². The van der Waals surface area contributed by atoms with E-state index in [1.165, 1.54) is 6.92 Å². The number of nitrogens with two attached hydrogens (primary N) is 1. The number of aliphatic hydroxyl groups excluding tert-OH is 1. The van der Waals surface area contributed by atoms with Crippen molar-refractivity contribution in [3.8, 4) is 0 Å². The molecule has 0 aliphatic carbocycles. The van der Waals surface area contributed by atoms with Crippen LogP contribution in [0.25, 0.3) is 0 Å². The van der Waals surface area contributed by atoms with Crippen LogP contribution in [-0.4, -0.2) is 42.3 Å². The van der Waals surface area contributed by atoms with Gasteiger partial charge in [0.25, 0.3) is 0 Å². The molecule has 0 saturated carbocycles. The first-order valence-electron chi connectivity index (χ1n) is 4.36. The van der Waals surface area contributed by atoms with Crippen LogP contribution in [0.1, 0.15) is 13.8 Å². The van der Waals surface area contributed by atoms with Gasteiger partial charge in [0, 0.05) is 0 Å². The third-order valence-electron chi connectivity index (χ3n) is 1.48. The molecule has 4 N–H and O–H groups in total. The number of carbonyl (C=O) groups excluding carboxylic acids is 2. The van der Waals surface area contributed by atoms with Crippen LogP contribution in [0.2, 0.25) is 0 Å². The summed E-state index contributed by atoms with van der Waals surface area (Å²) < 4.78 is 4.62. The maximum Gasteiger partial charge on any atom is 0.331 e. The Morgan fingerprint density at radius 3 is 2.50 bits per heavy atom. The molecule has 0 aromatic rings. The van der Waals surface area contributed by atoms with E-state index in [-0.39, 0.29) is 6.61 Å². The summed E-state index contributed by atoms with van der Waals surface area (Å²) in [5, 5.41) is 11.1. The largest absolute Gasteiger partial charge is 0.464 e. The molecule has 0 aromatic heterocycles. The fourth-order valence-corrected chi connectivity index (χ4v) is 0.725. The van der Waals surface area contributed by atoms with Gasteiger partial charge in [0.2, 0.25) is 5.91 Å². The molecular formula is C8H16N2O4. The topological polar surface area (TPSA) is 102 Å². The lowest BCUT2D eigenvalue weighted by Crippen LogP contribution is -2.49. The Morgan fingerprint density at radius 2 is 2.14 bits per heavy atom. The SMILES string of the molecule is CCOC(=O)[C@@H](CO)NC(=O)[C@H](C)N. The van der Waals surface area contributed by atoms with Gasteiger partial charge >= 0.3 is 5.97 Å². The van der Waals surface area contributed by atoms with Crippen LogP contribution in [0.3, 0.4) is 0 Å². The Bertz CT molecular complexity index is 206. The van der Waals surface area contributed by atoms with Crippen molar-refractivity contribution in [3.05, 3.63) is 0 Å². The second-order valence-corrected chi connectivity index (χ2v) is 2.78. The van der Waals surface area contributed by atoms with E-state index >= 15 is 0 Å². The molecule has 0 fully saturated rings. The van der Waals surface area contributed by atoms with Gasteiger partial charge in [-0.3, -0.25) is 4.79 Å². The van der Waals surface area contributed by atoms with Crippen molar-refractivity contribution < 1.29 is 19.4 Å². The quantitative estimate of drug-likeness (QED) is 0.467. The zero-order valence-corrected chi connectivity index (χ0v) is 8.32. The van der Waals surface area contributed by atoms with E-state index in [0.717, 1.165) is 0 Å². The highest BCUT2D eigenvalue weighted by molar-refractivity contribution is 5.87. The summed E-state index contributed by atoms with van der Waals surface area (Å²) in [6.07, 6.45) is 0. The highest BCUT2D eigenvalue weighted by atomic mass is 16.5. The lowest BCUT2D eigenvalue weighted by atomic mass is 10.2. The molecule has 0 spiro atoms. The predicted octanol–water partition coefficient (Wildman–Crippen LogP) is -1.63. The number of ether oxygens (including phenoxy) is 1. The van der Waals surface area contributed by atoms with Crippen molar-refractivity contribution in [1.29, 1.82) is 0 Å². The van der Waals surface area contributed by atoms with Gasteiger partial charge in [-0.25, -0.2) is 4.79 Å². The highest BCUT2D eigenvalue weighted by Crippen LogP contribution is 1.89. The predicted molar refractivity (Wildman–Crippen MR) is 49.3 cm³/mol. The minimum absolute atomic E-state index is 0.198. The fourth-order valence-electron chi connectivity index (χ4n) is 0.725. The Morgan fingerprint density at radius 1 is 1.57 bits per heavy atom. The number of hydrogen-bond donors (Lipinski definition) is 3. The van der Waals surface area contributed by atoms with Crippen molar-refractivity contribution in [3.63, 3.8) is 0 Å². The Labute approximate surface area is 82.4 Å². The molecule has 6 nitrogen and oxygen atoms in total. The highest BCUT2D eigenvalue weighted by Gasteiger charge is 2.22. The molecular weight excluding hydrogens is 188 g/mol. The van der Waals surface area contributed by atoms with E-state index in [1.807, 2.05) is 0 Å². The summed E-state index contributed by atoms with van der Waals surface area (Å²) in [5.41, 5.74) is 5.27. The second kappa shape index (κ2) is 6.33. The smallest absolute Gasteiger partial charge is 0.331 e. The maximum atomic E-state index is 11.1. The standard InChI is InChI=1S/C8H16N2O4/c1-3-14-8(13)6(4-11)10-7(12)5(2)9/h5-6,11H,3-4,9H2,1-2H3,(H,10,12)/t5-,6+/m0/s1. The number of esters is 1. The minimum atomic E-state index is -1.03. The second-order valence-electron chi connectivity index (χ2n) is 2.78. The lowest BCUT2D eigenvalue weighted by molar-refractivity contribution is -0.148. The molecule has 1 amide bonds. The molecule has 0 heterocycles. The van der Waals surface area contributed by atoms with Gasteiger partial charge in [-0.05, 0) is 13.8 Å². The van der Waals surface area contributed by atoms with Crippen LogP contribution in [0.4, 0.5) is 0 Å². The van der Waals surface area contributed by atoms with Gasteiger partial charge in [-0.1, -0.05) is 0 Å². The van der Waals surface area contributed by atoms with Crippen LogP contribution in [0, 0.1) is 0 Å². The normalized spacial score (nSPS) is 14.3. The van der Waals surface area contributed by atoms with Gasteiger partial charge in [0.1, 0.15) is 0 Å². The number of rotatable bonds is 5. The Balaban J connectivity index is 4.15. The van der Waals surface area contributed by atoms with Crippen molar-refractivity contribution in [2.45, 2.75) is 25.9 Å². The van der Waals surface area contributed by atoms with Gasteiger partial charge < -0.3 is 20.9 Å². The Hall–Kier alpha value is -1.14. The molecule has 0 bridgehead atoms. The van der Waals surface area contributed by atoms with Crippen LogP contribution in [0.5, 0.6) is 0 Å². The number of nitrogens with one attached hydrogen (secondary N) is 1. The number of amides is 1. The summed E-state index contributed by atoms with van der Waals surface area (Å²) in [5.74, 6) is -1.17. The van der Waals surface area contributed by atoms with Crippen molar-refractivity contribution in [2.24, 2.45) is 5.73 Å². The molecule has 0 rings (SSSR count). The summed E-state index contributed by atoms with van der Waals surface area (Å²) in [6.45, 7) is 2.81. The monoisotopic (exact) mass is 204 g/mol. The zero-order chi connectivity index (χ0) is 11.1. The summed E-state index contributed by atoms with van der Waals surface area (Å²) in [7, 11) is 0. The lowest BCUT2D eigenvalue weighted by Gasteiger charge is -2.15. The third kappa shape index (κ3) is 4.20. The first-order chi connectivity index (χ1) is 6.52. The summed E-state index contributed by atoms with van der Waals surface area (Å²) >= 11 is 0. The molecule has 82 valence electrons. The molecule has 0 radical (unpaired) electrons. The van der Waals surface area contributed by atoms with Gasteiger partial charge in [-0.2, -0.15) is 0 Å². The third-order valence-corrected chi connectivity index (χ3v) is 1.48. The summed E-state index contributed by atoms with van der Waals surface area (Å²) in [4.78, 5) is 22.2. The van der Waals surface area contributed by atoms with Crippen molar-refractivity contribution >= 4 is 11.9 Å². The number of carbonyl (C=O) groups is 2. The van der Waals surface area contributed by atoms with Crippen LogP contribution in [-0.2, 0) is 14.3 Å². The molecule has 0 aromatic carbocycles. The zero-order valence-electron chi connectivity index (χ0n) is 8.32. The average Bonchev–Trinajstić information content (AvgIpc) is 2.13. The van der Waals surface area contributed by atoms with Gasteiger partial charge in [-0.15, -0.1) is 0 Å². The van der Waals surface area contributed by atoms with E-state index in [9.17, 15) is 9.59 Å². The summed E-state index contributed by atoms with van der Waals surface area (Å²) in [6, 6.07) is -1.76. The Kier molecular flexibility index (Phi) is 5.82. The molecule has 2 atom stereocenters. The molecule has 14 heavy (non-hydrogen) atoms.